The van der Waals surface area contributed by atoms with Crippen molar-refractivity contribution in [3.8, 4) is 5.88 Å². The summed E-state index contributed by atoms with van der Waals surface area (Å²) in [5, 5.41) is 4.53. The number of hydrogen-bond donors (Lipinski definition) is 1. The lowest BCUT2D eigenvalue weighted by Gasteiger charge is -2.11. The number of nitrogens with one attached hydrogen (secondary N) is 1. The molecule has 1 amide bonds. The number of hydrogen-bond acceptors (Lipinski definition) is 7. The van der Waals surface area contributed by atoms with Crippen LogP contribution in [0.2, 0.25) is 0 Å². The van der Waals surface area contributed by atoms with E-state index in [-0.39, 0.29) is 12.5 Å². The van der Waals surface area contributed by atoms with Crippen molar-refractivity contribution < 1.29 is 9.53 Å². The average Bonchev–Trinajstić information content (AvgIpc) is 2.60. The van der Waals surface area contributed by atoms with Gasteiger partial charge < -0.3 is 9.64 Å². The smallest absolute Gasteiger partial charge is 0.278 e. The zero-order valence-electron chi connectivity index (χ0n) is 14.7. The topological polar surface area (TPSA) is 79.7 Å². The summed E-state index contributed by atoms with van der Waals surface area (Å²) >= 11 is 1.42. The predicted octanol–water partition coefficient (Wildman–Crippen LogP) is 2.10. The van der Waals surface area contributed by atoms with Gasteiger partial charge in [0.1, 0.15) is 0 Å². The summed E-state index contributed by atoms with van der Waals surface area (Å²) in [7, 11) is 3.95. The Labute approximate surface area is 151 Å². The van der Waals surface area contributed by atoms with Crippen LogP contribution in [-0.4, -0.2) is 49.0 Å². The molecule has 0 fully saturated rings. The number of carbonyl (C=O) groups is 1. The van der Waals surface area contributed by atoms with Gasteiger partial charge in [0.2, 0.25) is 5.88 Å². The summed E-state index contributed by atoms with van der Waals surface area (Å²) in [6, 6.07) is 9.49. The third kappa shape index (κ3) is 6.07. The van der Waals surface area contributed by atoms with Crippen LogP contribution in [0.25, 0.3) is 0 Å². The average molecular weight is 359 g/mol. The molecule has 1 aromatic heterocycles. The van der Waals surface area contributed by atoms with E-state index in [2.05, 4.69) is 20.5 Å². The molecule has 0 aliphatic rings. The number of hydrazone groups is 1. The molecule has 2 rings (SSSR count). The van der Waals surface area contributed by atoms with E-state index in [1.807, 2.05) is 56.4 Å². The number of rotatable bonds is 7. The highest BCUT2D eigenvalue weighted by Gasteiger charge is 2.05. The minimum atomic E-state index is -0.358. The number of benzene rings is 1. The lowest BCUT2D eigenvalue weighted by molar-refractivity contribution is -0.123. The van der Waals surface area contributed by atoms with Crippen LogP contribution in [0, 0.1) is 6.92 Å². The van der Waals surface area contributed by atoms with Crippen LogP contribution in [0.3, 0.4) is 0 Å². The Kier molecular flexibility index (Phi) is 6.76. The fraction of sp³-hybridized carbons (Fsp3) is 0.294. The van der Waals surface area contributed by atoms with Crippen LogP contribution in [0.1, 0.15) is 11.3 Å². The summed E-state index contributed by atoms with van der Waals surface area (Å²) in [5.41, 5.74) is 5.20. The SMILES string of the molecule is CSc1nc(C)cc(OCC(=O)N/N=C\c2ccc(N(C)C)cc2)n1. The second-order valence-electron chi connectivity index (χ2n) is 5.40. The maximum Gasteiger partial charge on any atom is 0.278 e. The van der Waals surface area contributed by atoms with Gasteiger partial charge in [-0.2, -0.15) is 10.1 Å². The zero-order chi connectivity index (χ0) is 18.2. The van der Waals surface area contributed by atoms with E-state index < -0.39 is 0 Å². The van der Waals surface area contributed by atoms with E-state index in [1.165, 1.54) is 11.8 Å². The van der Waals surface area contributed by atoms with E-state index in [4.69, 9.17) is 4.74 Å². The fourth-order valence-electron chi connectivity index (χ4n) is 1.89. The van der Waals surface area contributed by atoms with Gasteiger partial charge in [0.15, 0.2) is 11.8 Å². The van der Waals surface area contributed by atoms with Crippen molar-refractivity contribution >= 4 is 29.6 Å². The van der Waals surface area contributed by atoms with E-state index in [0.29, 0.717) is 11.0 Å². The van der Waals surface area contributed by atoms with Crippen LogP contribution >= 0.6 is 11.8 Å². The van der Waals surface area contributed by atoms with Gasteiger partial charge in [0.05, 0.1) is 6.21 Å². The third-order valence-electron chi connectivity index (χ3n) is 3.16. The molecule has 0 radical (unpaired) electrons. The largest absolute Gasteiger partial charge is 0.467 e. The van der Waals surface area contributed by atoms with E-state index in [1.54, 1.807) is 12.3 Å². The molecule has 0 atom stereocenters. The lowest BCUT2D eigenvalue weighted by atomic mass is 10.2. The summed E-state index contributed by atoms with van der Waals surface area (Å²) in [6.45, 7) is 1.68. The molecule has 1 N–H and O–H groups in total. The van der Waals surface area contributed by atoms with Gasteiger partial charge in [-0.1, -0.05) is 23.9 Å². The Morgan fingerprint density at radius 2 is 2.04 bits per heavy atom. The number of anilines is 1. The summed E-state index contributed by atoms with van der Waals surface area (Å²) < 4.78 is 5.38. The number of nitrogens with zero attached hydrogens (tertiary/aromatic N) is 4. The molecule has 0 saturated carbocycles. The first-order valence-electron chi connectivity index (χ1n) is 7.59. The van der Waals surface area contributed by atoms with Gasteiger partial charge in [0, 0.05) is 31.5 Å². The standard InChI is InChI=1S/C17H21N5O2S/c1-12-9-16(20-17(19-12)25-4)24-11-15(23)21-18-10-13-5-7-14(8-6-13)22(2)3/h5-10H,11H2,1-4H3,(H,21,23)/b18-10-. The third-order valence-corrected chi connectivity index (χ3v) is 3.70. The molecule has 0 unspecified atom stereocenters. The van der Waals surface area contributed by atoms with Crippen LogP contribution < -0.4 is 15.1 Å². The maximum absolute atomic E-state index is 11.8. The van der Waals surface area contributed by atoms with Crippen molar-refractivity contribution in [2.24, 2.45) is 5.10 Å². The second kappa shape index (κ2) is 9.03. The zero-order valence-corrected chi connectivity index (χ0v) is 15.5. The minimum Gasteiger partial charge on any atom is -0.467 e. The second-order valence-corrected chi connectivity index (χ2v) is 6.18. The first kappa shape index (κ1) is 18.7. The first-order valence-corrected chi connectivity index (χ1v) is 8.82. The Hall–Kier alpha value is -2.61. The Balaban J connectivity index is 1.83. The molecule has 0 bridgehead atoms. The molecule has 8 heteroatoms. The molecule has 0 saturated heterocycles. The fourth-order valence-corrected chi connectivity index (χ4v) is 2.30. The van der Waals surface area contributed by atoms with Crippen LogP contribution in [0.15, 0.2) is 40.6 Å². The maximum atomic E-state index is 11.8. The van der Waals surface area contributed by atoms with Crippen molar-refractivity contribution in [3.05, 3.63) is 41.6 Å². The highest BCUT2D eigenvalue weighted by Crippen LogP contribution is 2.15. The number of aryl methyl sites for hydroxylation is 1. The number of carbonyl (C=O) groups excluding carboxylic acids is 1. The van der Waals surface area contributed by atoms with Gasteiger partial charge >= 0.3 is 0 Å². The quantitative estimate of drug-likeness (QED) is 0.353. The van der Waals surface area contributed by atoms with E-state index >= 15 is 0 Å². The normalized spacial score (nSPS) is 10.7. The Bertz CT molecular complexity index is 747. The van der Waals surface area contributed by atoms with Crippen molar-refractivity contribution in [1.29, 1.82) is 0 Å². The van der Waals surface area contributed by atoms with Crippen molar-refractivity contribution in [3.63, 3.8) is 0 Å². The summed E-state index contributed by atoms with van der Waals surface area (Å²) in [4.78, 5) is 22.2. The molecule has 132 valence electrons. The molecule has 0 spiro atoms. The number of thioether (sulfide) groups is 1. The molecule has 7 nitrogen and oxygen atoms in total. The Morgan fingerprint density at radius 1 is 1.32 bits per heavy atom. The first-order chi connectivity index (χ1) is 12.0. The van der Waals surface area contributed by atoms with Gasteiger partial charge in [-0.05, 0) is 30.9 Å². The van der Waals surface area contributed by atoms with Gasteiger partial charge in [-0.25, -0.2) is 10.4 Å². The monoisotopic (exact) mass is 359 g/mol. The minimum absolute atomic E-state index is 0.165. The van der Waals surface area contributed by atoms with E-state index in [9.17, 15) is 4.79 Å². The molecule has 2 aromatic rings. The lowest BCUT2D eigenvalue weighted by Crippen LogP contribution is -2.25. The molecule has 1 aromatic carbocycles. The van der Waals surface area contributed by atoms with Gasteiger partial charge in [-0.15, -0.1) is 0 Å². The van der Waals surface area contributed by atoms with Gasteiger partial charge in [0.25, 0.3) is 5.91 Å². The highest BCUT2D eigenvalue weighted by molar-refractivity contribution is 7.98. The van der Waals surface area contributed by atoms with Gasteiger partial charge in [-0.3, -0.25) is 4.79 Å². The van der Waals surface area contributed by atoms with E-state index in [0.717, 1.165) is 16.9 Å². The Morgan fingerprint density at radius 3 is 2.68 bits per heavy atom. The van der Waals surface area contributed by atoms with Crippen molar-refractivity contribution in [1.82, 2.24) is 15.4 Å². The summed E-state index contributed by atoms with van der Waals surface area (Å²) in [6.07, 6.45) is 3.46. The van der Waals surface area contributed by atoms with Crippen LogP contribution in [0.4, 0.5) is 5.69 Å². The highest BCUT2D eigenvalue weighted by atomic mass is 32.2. The van der Waals surface area contributed by atoms with Crippen molar-refractivity contribution in [2.45, 2.75) is 12.1 Å². The molecule has 25 heavy (non-hydrogen) atoms. The number of ether oxygens (including phenoxy) is 1. The number of amides is 1. The van der Waals surface area contributed by atoms with Crippen molar-refractivity contribution in [2.75, 3.05) is 31.9 Å². The molecular weight excluding hydrogens is 338 g/mol. The number of aromatic nitrogens is 2. The van der Waals surface area contributed by atoms with Crippen LogP contribution in [-0.2, 0) is 4.79 Å². The molecule has 0 aliphatic carbocycles. The molecule has 1 heterocycles. The molecule has 0 aliphatic heterocycles. The summed E-state index contributed by atoms with van der Waals surface area (Å²) in [5.74, 6) is 0.0124. The van der Waals surface area contributed by atoms with Crippen LogP contribution in [0.5, 0.6) is 5.88 Å². The molecular formula is C17H21N5O2S. The predicted molar refractivity (Wildman–Crippen MR) is 101 cm³/mol.